The highest BCUT2D eigenvalue weighted by Gasteiger charge is 2.28. The van der Waals surface area contributed by atoms with Gasteiger partial charge in [-0.05, 0) is 31.5 Å². The van der Waals surface area contributed by atoms with Crippen LogP contribution >= 0.6 is 0 Å². The fraction of sp³-hybridized carbons (Fsp3) is 0.429. The fourth-order valence-corrected chi connectivity index (χ4v) is 1.61. The number of benzene rings is 1. The summed E-state index contributed by atoms with van der Waals surface area (Å²) in [6.45, 7) is 3.69. The second kappa shape index (κ2) is 8.11. The van der Waals surface area contributed by atoms with Gasteiger partial charge in [-0.15, -0.1) is 0 Å². The predicted molar refractivity (Wildman–Crippen MR) is 73.7 cm³/mol. The van der Waals surface area contributed by atoms with Gasteiger partial charge in [-0.25, -0.2) is 9.59 Å². The summed E-state index contributed by atoms with van der Waals surface area (Å²) in [6.07, 6.45) is 0. The van der Waals surface area contributed by atoms with Crippen molar-refractivity contribution < 1.29 is 29.3 Å². The molecule has 1 aromatic carbocycles. The molecule has 1 aromatic rings. The van der Waals surface area contributed by atoms with E-state index in [1.165, 1.54) is 12.1 Å². The van der Waals surface area contributed by atoms with Crippen LogP contribution in [0, 0.1) is 0 Å². The molecule has 1 rings (SSSR count). The first-order valence-corrected chi connectivity index (χ1v) is 6.57. The van der Waals surface area contributed by atoms with E-state index >= 15 is 0 Å². The van der Waals surface area contributed by atoms with E-state index in [0.717, 1.165) is 0 Å². The molecule has 0 heterocycles. The zero-order valence-electron chi connectivity index (χ0n) is 12.0. The smallest absolute Gasteiger partial charge is 0.334 e. The van der Waals surface area contributed by atoms with Gasteiger partial charge in [0.15, 0.2) is 11.5 Å². The van der Waals surface area contributed by atoms with E-state index in [9.17, 15) is 19.8 Å². The van der Waals surface area contributed by atoms with Crippen molar-refractivity contribution >= 4 is 11.9 Å². The van der Waals surface area contributed by atoms with Crippen molar-refractivity contribution in [3.05, 3.63) is 23.8 Å². The molecule has 3 N–H and O–H groups in total. The number of hydrogen-bond acceptors (Lipinski definition) is 7. The molecule has 0 amide bonds. The van der Waals surface area contributed by atoms with Gasteiger partial charge in [-0.2, -0.15) is 0 Å². The first-order chi connectivity index (χ1) is 9.99. The van der Waals surface area contributed by atoms with Crippen LogP contribution in [0.3, 0.4) is 0 Å². The Morgan fingerprint density at radius 3 is 2.14 bits per heavy atom. The number of phenols is 2. The highest BCUT2D eigenvalue weighted by atomic mass is 16.6. The summed E-state index contributed by atoms with van der Waals surface area (Å²) >= 11 is 0. The van der Waals surface area contributed by atoms with Gasteiger partial charge in [0.25, 0.3) is 0 Å². The van der Waals surface area contributed by atoms with Crippen LogP contribution in [0.4, 0.5) is 0 Å². The Hall–Kier alpha value is -2.28. The molecule has 0 aliphatic heterocycles. The standard InChI is InChI=1S/C14H19NO6/c1-3-20-13(18)12(14(19)21-4-2)15-8-9-5-6-10(16)11(17)7-9/h5-7,12,15-17H,3-4,8H2,1-2H3. The predicted octanol–water partition coefficient (Wildman–Crippen LogP) is 0.682. The molecule has 0 spiro atoms. The third-order valence-corrected chi connectivity index (χ3v) is 2.59. The molecule has 0 aliphatic carbocycles. The molecule has 0 radical (unpaired) electrons. The number of esters is 2. The molecule has 0 atom stereocenters. The van der Waals surface area contributed by atoms with Gasteiger partial charge in [-0.1, -0.05) is 6.07 Å². The summed E-state index contributed by atoms with van der Waals surface area (Å²) in [5.41, 5.74) is 0.587. The fourth-order valence-electron chi connectivity index (χ4n) is 1.61. The summed E-state index contributed by atoms with van der Waals surface area (Å²) < 4.78 is 9.62. The molecule has 7 nitrogen and oxygen atoms in total. The third-order valence-electron chi connectivity index (χ3n) is 2.59. The highest BCUT2D eigenvalue weighted by molar-refractivity contribution is 5.99. The number of phenolic OH excluding ortho intramolecular Hbond substituents is 2. The van der Waals surface area contributed by atoms with Crippen LogP contribution in [-0.2, 0) is 25.6 Å². The lowest BCUT2D eigenvalue weighted by Gasteiger charge is -2.16. The first kappa shape index (κ1) is 16.8. The summed E-state index contributed by atoms with van der Waals surface area (Å²) in [5, 5.41) is 21.3. The second-order valence-electron chi connectivity index (χ2n) is 4.14. The molecule has 116 valence electrons. The average molecular weight is 297 g/mol. The minimum Gasteiger partial charge on any atom is -0.504 e. The molecule has 0 saturated carbocycles. The van der Waals surface area contributed by atoms with Crippen LogP contribution in [0.2, 0.25) is 0 Å². The summed E-state index contributed by atoms with van der Waals surface area (Å²) in [6, 6.07) is 2.96. The van der Waals surface area contributed by atoms with Crippen LogP contribution in [0.1, 0.15) is 19.4 Å². The Morgan fingerprint density at radius 2 is 1.67 bits per heavy atom. The first-order valence-electron chi connectivity index (χ1n) is 6.57. The second-order valence-corrected chi connectivity index (χ2v) is 4.14. The number of ether oxygens (including phenoxy) is 2. The number of hydrogen-bond donors (Lipinski definition) is 3. The maximum atomic E-state index is 11.7. The monoisotopic (exact) mass is 297 g/mol. The molecule has 7 heteroatoms. The number of rotatable bonds is 7. The topological polar surface area (TPSA) is 105 Å². The van der Waals surface area contributed by atoms with E-state index in [1.54, 1.807) is 19.9 Å². The van der Waals surface area contributed by atoms with Gasteiger partial charge in [0, 0.05) is 6.54 Å². The summed E-state index contributed by atoms with van der Waals surface area (Å²) in [4.78, 5) is 23.5. The van der Waals surface area contributed by atoms with Crippen molar-refractivity contribution in [2.45, 2.75) is 26.4 Å². The zero-order valence-corrected chi connectivity index (χ0v) is 12.0. The van der Waals surface area contributed by atoms with Crippen molar-refractivity contribution in [2.24, 2.45) is 0 Å². The lowest BCUT2D eigenvalue weighted by atomic mass is 10.2. The van der Waals surface area contributed by atoms with E-state index in [4.69, 9.17) is 9.47 Å². The van der Waals surface area contributed by atoms with Gasteiger partial charge in [0.1, 0.15) is 0 Å². The van der Waals surface area contributed by atoms with Crippen LogP contribution in [0.25, 0.3) is 0 Å². The summed E-state index contributed by atoms with van der Waals surface area (Å²) in [7, 11) is 0. The number of carbonyl (C=O) groups is 2. The molecule has 0 aromatic heterocycles. The Morgan fingerprint density at radius 1 is 1.10 bits per heavy atom. The molecule has 21 heavy (non-hydrogen) atoms. The largest absolute Gasteiger partial charge is 0.504 e. The zero-order chi connectivity index (χ0) is 15.8. The lowest BCUT2D eigenvalue weighted by molar-refractivity contribution is -0.158. The molecule has 0 saturated heterocycles. The Balaban J connectivity index is 2.73. The van der Waals surface area contributed by atoms with Gasteiger partial charge >= 0.3 is 11.9 Å². The van der Waals surface area contributed by atoms with Crippen LogP contribution in [0.5, 0.6) is 11.5 Å². The molecule has 0 unspecified atom stereocenters. The maximum Gasteiger partial charge on any atom is 0.334 e. The van der Waals surface area contributed by atoms with E-state index < -0.39 is 18.0 Å². The van der Waals surface area contributed by atoms with Crippen molar-refractivity contribution in [2.75, 3.05) is 13.2 Å². The number of nitrogens with one attached hydrogen (secondary N) is 1. The van der Waals surface area contributed by atoms with Crippen LogP contribution in [-0.4, -0.2) is 41.4 Å². The Labute approximate surface area is 122 Å². The molecule has 0 aliphatic rings. The van der Waals surface area contributed by atoms with Crippen LogP contribution < -0.4 is 5.32 Å². The molecular weight excluding hydrogens is 278 g/mol. The van der Waals surface area contributed by atoms with E-state index in [2.05, 4.69) is 5.32 Å². The number of aromatic hydroxyl groups is 2. The van der Waals surface area contributed by atoms with Gasteiger partial charge in [0.2, 0.25) is 6.04 Å². The minimum atomic E-state index is -1.24. The van der Waals surface area contributed by atoms with Crippen molar-refractivity contribution in [3.63, 3.8) is 0 Å². The van der Waals surface area contributed by atoms with Gasteiger partial charge in [-0.3, -0.25) is 5.32 Å². The SMILES string of the molecule is CCOC(=O)C(NCc1ccc(O)c(O)c1)C(=O)OCC. The average Bonchev–Trinajstić information content (AvgIpc) is 2.43. The van der Waals surface area contributed by atoms with Crippen molar-refractivity contribution in [1.82, 2.24) is 5.32 Å². The van der Waals surface area contributed by atoms with Crippen molar-refractivity contribution in [3.8, 4) is 11.5 Å². The van der Waals surface area contributed by atoms with E-state index in [-0.39, 0.29) is 31.3 Å². The molecule has 0 bridgehead atoms. The molecule has 0 fully saturated rings. The van der Waals surface area contributed by atoms with Crippen LogP contribution in [0.15, 0.2) is 18.2 Å². The van der Waals surface area contributed by atoms with E-state index in [1.807, 2.05) is 0 Å². The highest BCUT2D eigenvalue weighted by Crippen LogP contribution is 2.24. The minimum absolute atomic E-state index is 0.121. The van der Waals surface area contributed by atoms with Gasteiger partial charge < -0.3 is 19.7 Å². The quantitative estimate of drug-likeness (QED) is 0.386. The maximum absolute atomic E-state index is 11.7. The Bertz CT molecular complexity index is 484. The summed E-state index contributed by atoms with van der Waals surface area (Å²) in [5.74, 6) is -1.97. The normalized spacial score (nSPS) is 10.4. The molecular formula is C14H19NO6. The van der Waals surface area contributed by atoms with E-state index in [0.29, 0.717) is 5.56 Å². The third kappa shape index (κ3) is 4.96. The lowest BCUT2D eigenvalue weighted by Crippen LogP contribution is -2.45. The van der Waals surface area contributed by atoms with Crippen molar-refractivity contribution in [1.29, 1.82) is 0 Å². The Kier molecular flexibility index (Phi) is 6.48. The number of carbonyl (C=O) groups excluding carboxylic acids is 2. The van der Waals surface area contributed by atoms with Gasteiger partial charge in [0.05, 0.1) is 13.2 Å².